The molecule has 1 aliphatic rings. The first-order chi connectivity index (χ1) is 66.4. The van der Waals surface area contributed by atoms with E-state index in [9.17, 15) is 0 Å². The molecule has 744 valence electrons. The van der Waals surface area contributed by atoms with Gasteiger partial charge in [-0.05, 0) is 260 Å². The minimum absolute atomic E-state index is 0.158. The summed E-state index contributed by atoms with van der Waals surface area (Å²) in [6.07, 6.45) is 20.5. The Morgan fingerprint density at radius 2 is 0.906 bits per heavy atom. The molecule has 0 spiro atoms. The molecule has 10 aromatic heterocycles. The van der Waals surface area contributed by atoms with Crippen molar-refractivity contribution in [1.29, 1.82) is 0 Å². The standard InChI is InChI=1S/C13H20N2.2C12H13N.C12H19N.C11H12N2.C11H17N.C10H16N2.3C10H15NO.C10H11NS/c1-11(2)12-6-7-14-13(10-12)15-8-4-3-5-9-15;1-9(2)11-7-10-5-3-4-6-12(10)13-8-11;1-9(2)11-8-7-10-5-3-4-6-12(10)13-11;1-9(2)10-6-7-13-11(8-10)12(3,4)5;1-8(2)9-4-3-5-10-11(9)13-7-6-12-10;1-9(2)10-6-5-7-11(8-10)12(3)4;1-4-11-10-9(8(2)3)6-5-7-12-10;1-4-12-9-5-6-10(8(2)3)11-7-9;1-4-12-10-6-5-9(7-11-10)8(2)3;1-4-12-10-9(8(2)3)6-5-7-11-10;1-7(2)8-3-4-9-10(5-8)12-6-11-9/h6-7,10-11H,3-5,8-9H2,1-2H3;2*3-9H,1-2H3;6-9H,1-5H3;3-8H,1-2H3;5-9H,1-4H3;5-8H,4H2,1-3H3,(H,11,12);3*5-8H,4H2,1-3H3;3-7H,1-2H3. The highest BCUT2D eigenvalue weighted by Gasteiger charge is 2.18. The molecule has 1 saturated heterocycles. The number of para-hydroxylation sites is 3. The molecule has 0 bridgehead atoms. The summed E-state index contributed by atoms with van der Waals surface area (Å²) in [7, 11) is 4.14. The summed E-state index contributed by atoms with van der Waals surface area (Å²) < 4.78 is 17.2. The fourth-order valence-corrected chi connectivity index (χ4v) is 15.0. The average molecular weight is 1900 g/mol. The molecule has 18 heteroatoms. The lowest BCUT2D eigenvalue weighted by Gasteiger charge is -2.28. The molecule has 0 atom stereocenters. The number of ether oxygens (including phenoxy) is 3. The van der Waals surface area contributed by atoms with Crippen LogP contribution in [0, 0.1) is 0 Å². The Kier molecular flexibility index (Phi) is 51.0. The number of nitrogens with zero attached hydrogens (tertiary/aromatic N) is 13. The van der Waals surface area contributed by atoms with Crippen LogP contribution >= 0.6 is 11.3 Å². The van der Waals surface area contributed by atoms with Crippen molar-refractivity contribution in [2.75, 3.05) is 68.7 Å². The quantitative estimate of drug-likeness (QED) is 0.0715. The third-order valence-corrected chi connectivity index (χ3v) is 23.7. The van der Waals surface area contributed by atoms with Crippen LogP contribution < -0.4 is 29.3 Å². The summed E-state index contributed by atoms with van der Waals surface area (Å²) in [5, 5.41) is 5.69. The molecule has 0 amide bonds. The van der Waals surface area contributed by atoms with Gasteiger partial charge in [0.1, 0.15) is 17.4 Å². The molecule has 0 saturated carbocycles. The van der Waals surface area contributed by atoms with Gasteiger partial charge in [-0.2, -0.15) is 0 Å². The minimum Gasteiger partial charge on any atom is -0.492 e. The Labute approximate surface area is 840 Å². The summed E-state index contributed by atoms with van der Waals surface area (Å²) >= 11 is 1.71. The summed E-state index contributed by atoms with van der Waals surface area (Å²) in [5.41, 5.74) is 23.9. The summed E-state index contributed by atoms with van der Waals surface area (Å²) in [5.74, 6) is 10.5. The number of thiazole rings is 1. The van der Waals surface area contributed by atoms with E-state index in [1.165, 1.54) is 121 Å². The van der Waals surface area contributed by atoms with Gasteiger partial charge in [0.2, 0.25) is 11.8 Å². The van der Waals surface area contributed by atoms with Crippen molar-refractivity contribution in [1.82, 2.24) is 54.8 Å². The second-order valence-electron chi connectivity index (χ2n) is 39.2. The van der Waals surface area contributed by atoms with Crippen molar-refractivity contribution < 1.29 is 14.2 Å². The van der Waals surface area contributed by atoms with Crippen LogP contribution in [0.4, 0.5) is 17.3 Å². The third-order valence-electron chi connectivity index (χ3n) is 22.9. The van der Waals surface area contributed by atoms with Crippen molar-refractivity contribution >= 4 is 71.7 Å². The number of rotatable bonds is 21. The number of fused-ring (bicyclic) bond motifs is 4. The summed E-state index contributed by atoms with van der Waals surface area (Å²) in [4.78, 5) is 52.1. The molecule has 139 heavy (non-hydrogen) atoms. The van der Waals surface area contributed by atoms with E-state index < -0.39 is 0 Å². The zero-order valence-corrected chi connectivity index (χ0v) is 90.8. The first-order valence-electron chi connectivity index (χ1n) is 50.5. The van der Waals surface area contributed by atoms with E-state index >= 15 is 0 Å². The molecular weight excluding hydrogens is 1730 g/mol. The lowest BCUT2D eigenvalue weighted by atomic mass is 9.89. The third kappa shape index (κ3) is 40.7. The lowest BCUT2D eigenvalue weighted by Crippen LogP contribution is -2.30. The van der Waals surface area contributed by atoms with Gasteiger partial charge in [0, 0.05) is 134 Å². The lowest BCUT2D eigenvalue weighted by molar-refractivity contribution is 0.321. The number of hydrogen-bond donors (Lipinski definition) is 1. The Balaban J connectivity index is 0.000000235. The molecule has 11 heterocycles. The van der Waals surface area contributed by atoms with Crippen LogP contribution in [0.25, 0.3) is 43.1 Å². The molecule has 0 aliphatic carbocycles. The van der Waals surface area contributed by atoms with Gasteiger partial charge in [-0.1, -0.05) is 264 Å². The number of anilines is 3. The first-order valence-corrected chi connectivity index (χ1v) is 51.4. The van der Waals surface area contributed by atoms with Crippen LogP contribution in [0.1, 0.15) is 352 Å². The second kappa shape index (κ2) is 61.3. The van der Waals surface area contributed by atoms with Gasteiger partial charge in [-0.25, -0.2) is 24.9 Å². The Bertz CT molecular complexity index is 5710. The molecule has 1 fully saturated rings. The van der Waals surface area contributed by atoms with Gasteiger partial charge in [0.15, 0.2) is 0 Å². The number of aromatic nitrogens is 11. The van der Waals surface area contributed by atoms with Crippen LogP contribution in [0.3, 0.4) is 0 Å². The van der Waals surface area contributed by atoms with E-state index in [0.29, 0.717) is 90.8 Å². The zero-order chi connectivity index (χ0) is 102. The molecule has 0 unspecified atom stereocenters. The minimum atomic E-state index is 0.158. The maximum atomic E-state index is 5.39. The smallest absolute Gasteiger partial charge is 0.216 e. The van der Waals surface area contributed by atoms with E-state index in [1.807, 2.05) is 130 Å². The van der Waals surface area contributed by atoms with Gasteiger partial charge in [-0.15, -0.1) is 11.3 Å². The maximum absolute atomic E-state index is 5.39. The first kappa shape index (κ1) is 116. The Hall–Kier alpha value is -12.2. The van der Waals surface area contributed by atoms with E-state index in [2.05, 4.69) is 391 Å². The molecule has 15 aromatic rings. The highest BCUT2D eigenvalue weighted by Crippen LogP contribution is 2.31. The van der Waals surface area contributed by atoms with E-state index in [1.54, 1.807) is 36.1 Å². The van der Waals surface area contributed by atoms with Crippen molar-refractivity contribution in [3.63, 3.8) is 0 Å². The van der Waals surface area contributed by atoms with Crippen LogP contribution in [-0.2, 0) is 5.41 Å². The predicted octanol–water partition coefficient (Wildman–Crippen LogP) is 32.9. The van der Waals surface area contributed by atoms with Crippen LogP contribution in [0.5, 0.6) is 17.5 Å². The van der Waals surface area contributed by atoms with Crippen molar-refractivity contribution in [2.45, 2.75) is 291 Å². The van der Waals surface area contributed by atoms with Gasteiger partial charge < -0.3 is 29.3 Å². The van der Waals surface area contributed by atoms with Gasteiger partial charge >= 0.3 is 0 Å². The highest BCUT2D eigenvalue weighted by molar-refractivity contribution is 7.16. The molecule has 1 N–H and O–H groups in total. The molecule has 1 aliphatic heterocycles. The largest absolute Gasteiger partial charge is 0.492 e. The maximum Gasteiger partial charge on any atom is 0.216 e. The number of pyridine rings is 8. The van der Waals surface area contributed by atoms with Crippen molar-refractivity contribution in [2.24, 2.45) is 0 Å². The summed E-state index contributed by atoms with van der Waals surface area (Å²) in [6, 6.07) is 68.9. The second-order valence-corrected chi connectivity index (χ2v) is 40.1. The molecular formula is C121H166N14O3S. The number of hydrogen-bond acceptors (Lipinski definition) is 18. The Morgan fingerprint density at radius 1 is 0.360 bits per heavy atom. The Morgan fingerprint density at radius 3 is 1.49 bits per heavy atom. The highest BCUT2D eigenvalue weighted by atomic mass is 32.1. The van der Waals surface area contributed by atoms with E-state index in [0.717, 1.165) is 57.3 Å². The zero-order valence-electron chi connectivity index (χ0n) is 90.0. The SMILES string of the molecule is CC(C)c1ccc2ccccc2n1.CC(C)c1ccc2ncsc2c1.CC(C)c1cccc(N(C)C)c1.CC(C)c1cccc2nccnc12.CC(C)c1ccnc(C(C)(C)C)c1.CC(C)c1ccnc(N2CCCCC2)c1.CC(C)c1cnc2ccccc2c1.CCNc1ncccc1C(C)C.CCOc1ccc(C(C)C)cn1.CCOc1ccc(C(C)C)nc1.CCOc1ncccc1C(C)C. The molecule has 17 nitrogen and oxygen atoms in total. The van der Waals surface area contributed by atoms with Gasteiger partial charge in [-0.3, -0.25) is 29.9 Å². The van der Waals surface area contributed by atoms with Crippen LogP contribution in [-0.4, -0.2) is 108 Å². The topological polar surface area (TPSA) is 188 Å². The fourth-order valence-electron chi connectivity index (χ4n) is 14.2. The van der Waals surface area contributed by atoms with Gasteiger partial charge in [0.05, 0.1) is 63.8 Å². The monoisotopic (exact) mass is 1900 g/mol. The summed E-state index contributed by atoms with van der Waals surface area (Å²) in [6.45, 7) is 67.9. The van der Waals surface area contributed by atoms with Crippen LogP contribution in [0.15, 0.2) is 261 Å². The molecule has 16 rings (SSSR count). The van der Waals surface area contributed by atoms with Crippen LogP contribution in [0.2, 0.25) is 0 Å². The fraction of sp³-hybridized carbons (Fsp3) is 0.430. The number of benzene rings is 5. The predicted molar refractivity (Wildman–Crippen MR) is 596 cm³/mol. The van der Waals surface area contributed by atoms with E-state index in [-0.39, 0.29) is 5.41 Å². The van der Waals surface area contributed by atoms with Gasteiger partial charge in [0.25, 0.3) is 0 Å². The van der Waals surface area contributed by atoms with Crippen molar-refractivity contribution in [3.05, 3.63) is 329 Å². The average Bonchev–Trinajstić information content (AvgIpc) is 1.61. The normalized spacial score (nSPS) is 11.5. The van der Waals surface area contributed by atoms with E-state index in [4.69, 9.17) is 14.2 Å². The van der Waals surface area contributed by atoms with Crippen molar-refractivity contribution in [3.8, 4) is 17.5 Å². The number of piperidine rings is 1. The number of nitrogens with one attached hydrogen (secondary N) is 1. The molecule has 0 radical (unpaired) electrons. The molecule has 5 aromatic carbocycles.